The van der Waals surface area contributed by atoms with Crippen molar-refractivity contribution in [2.24, 2.45) is 0 Å². The average Bonchev–Trinajstić information content (AvgIpc) is 2.57. The molecular weight excluding hydrogens is 243 g/mol. The Hall–Kier alpha value is -1.20. The lowest BCUT2D eigenvalue weighted by molar-refractivity contribution is -0.206. The third-order valence-corrected chi connectivity index (χ3v) is 2.52. The molecule has 0 saturated heterocycles. The molecule has 2 N–H and O–H groups in total. The summed E-state index contributed by atoms with van der Waals surface area (Å²) >= 11 is 5.69. The fourth-order valence-corrected chi connectivity index (χ4v) is 1.69. The van der Waals surface area contributed by atoms with Crippen molar-refractivity contribution in [1.82, 2.24) is 4.98 Å². The molecule has 2 nitrogen and oxygen atoms in total. The van der Waals surface area contributed by atoms with Gasteiger partial charge in [-0.05, 0) is 18.2 Å². The molecule has 0 aliphatic rings. The Morgan fingerprint density at radius 2 is 2.00 bits per heavy atom. The summed E-state index contributed by atoms with van der Waals surface area (Å²) in [5.41, 5.74) is 0.285. The van der Waals surface area contributed by atoms with Gasteiger partial charge in [-0.2, -0.15) is 13.2 Å². The van der Waals surface area contributed by atoms with Crippen molar-refractivity contribution < 1.29 is 18.3 Å². The van der Waals surface area contributed by atoms with Crippen LogP contribution in [0.4, 0.5) is 13.2 Å². The molecule has 0 saturated carbocycles. The third kappa shape index (κ3) is 1.88. The summed E-state index contributed by atoms with van der Waals surface area (Å²) in [5, 5.41) is 9.74. The van der Waals surface area contributed by atoms with Gasteiger partial charge in [0.25, 0.3) is 0 Å². The van der Waals surface area contributed by atoms with Crippen LogP contribution in [0.25, 0.3) is 10.9 Å². The highest BCUT2D eigenvalue weighted by atomic mass is 35.5. The van der Waals surface area contributed by atoms with Crippen LogP contribution in [0.3, 0.4) is 0 Å². The zero-order chi connectivity index (χ0) is 11.9. The van der Waals surface area contributed by atoms with Crippen molar-refractivity contribution in [3.05, 3.63) is 35.0 Å². The van der Waals surface area contributed by atoms with Crippen molar-refractivity contribution in [2.75, 3.05) is 0 Å². The monoisotopic (exact) mass is 249 g/mol. The van der Waals surface area contributed by atoms with Gasteiger partial charge in [-0.25, -0.2) is 0 Å². The number of nitrogens with one attached hydrogen (secondary N) is 1. The van der Waals surface area contributed by atoms with Gasteiger partial charge in [0.15, 0.2) is 6.10 Å². The van der Waals surface area contributed by atoms with Crippen LogP contribution in [0.2, 0.25) is 5.02 Å². The van der Waals surface area contributed by atoms with Crippen LogP contribution in [-0.4, -0.2) is 16.3 Å². The fourth-order valence-electron chi connectivity index (χ4n) is 1.52. The summed E-state index contributed by atoms with van der Waals surface area (Å²) < 4.78 is 37.0. The second kappa shape index (κ2) is 3.68. The van der Waals surface area contributed by atoms with E-state index in [1.807, 2.05) is 0 Å². The largest absolute Gasteiger partial charge is 0.418 e. The molecule has 0 radical (unpaired) electrons. The van der Waals surface area contributed by atoms with E-state index in [1.54, 1.807) is 12.1 Å². The molecular formula is C10H7ClF3NO. The molecule has 1 heterocycles. The maximum atomic E-state index is 12.3. The Balaban J connectivity index is 2.57. The summed E-state index contributed by atoms with van der Waals surface area (Å²) in [6, 6.07) is 4.51. The van der Waals surface area contributed by atoms with E-state index in [0.29, 0.717) is 10.5 Å². The Bertz CT molecular complexity index is 520. The first-order valence-electron chi connectivity index (χ1n) is 4.41. The minimum absolute atomic E-state index is 0.218. The number of fused-ring (bicyclic) bond motifs is 1. The van der Waals surface area contributed by atoms with Crippen LogP contribution < -0.4 is 0 Å². The van der Waals surface area contributed by atoms with E-state index in [-0.39, 0.29) is 10.9 Å². The van der Waals surface area contributed by atoms with E-state index >= 15 is 0 Å². The minimum atomic E-state index is -4.68. The molecule has 0 unspecified atom stereocenters. The summed E-state index contributed by atoms with van der Waals surface area (Å²) in [6.45, 7) is 0. The standard InChI is InChI=1S/C10H7ClF3NO/c11-5-1-2-8-6(3-5)7(4-15-8)9(16)10(12,13)14/h1-4,9,15-16H/t9-/m1/s1. The molecule has 0 spiro atoms. The predicted octanol–water partition coefficient (Wildman–Crippen LogP) is 3.42. The van der Waals surface area contributed by atoms with Crippen molar-refractivity contribution >= 4 is 22.5 Å². The SMILES string of the molecule is O[C@H](c1c[nH]c2ccc(Cl)cc12)C(F)(F)F. The van der Waals surface area contributed by atoms with Crippen molar-refractivity contribution in [2.45, 2.75) is 12.3 Å². The van der Waals surface area contributed by atoms with Crippen LogP contribution in [-0.2, 0) is 0 Å². The Morgan fingerprint density at radius 1 is 1.31 bits per heavy atom. The predicted molar refractivity (Wildman–Crippen MR) is 54.3 cm³/mol. The molecule has 2 rings (SSSR count). The molecule has 1 aromatic heterocycles. The zero-order valence-corrected chi connectivity index (χ0v) is 8.60. The van der Waals surface area contributed by atoms with Crippen LogP contribution in [0.15, 0.2) is 24.4 Å². The topological polar surface area (TPSA) is 36.0 Å². The van der Waals surface area contributed by atoms with Crippen molar-refractivity contribution in [3.8, 4) is 0 Å². The van der Waals surface area contributed by atoms with Gasteiger partial charge in [0.05, 0.1) is 0 Å². The van der Waals surface area contributed by atoms with Crippen LogP contribution >= 0.6 is 11.6 Å². The maximum absolute atomic E-state index is 12.3. The average molecular weight is 250 g/mol. The highest BCUT2D eigenvalue weighted by molar-refractivity contribution is 6.31. The van der Waals surface area contributed by atoms with E-state index in [2.05, 4.69) is 4.98 Å². The molecule has 0 amide bonds. The number of halogens is 4. The molecule has 0 bridgehead atoms. The number of rotatable bonds is 1. The van der Waals surface area contributed by atoms with Gasteiger partial charge < -0.3 is 10.1 Å². The van der Waals surface area contributed by atoms with Crippen LogP contribution in [0.1, 0.15) is 11.7 Å². The van der Waals surface area contributed by atoms with Gasteiger partial charge in [0.1, 0.15) is 0 Å². The molecule has 0 aliphatic heterocycles. The van der Waals surface area contributed by atoms with Gasteiger partial charge >= 0.3 is 6.18 Å². The second-order valence-corrected chi connectivity index (χ2v) is 3.81. The summed E-state index contributed by atoms with van der Waals surface area (Å²) in [6.07, 6.45) is -6.05. The molecule has 16 heavy (non-hydrogen) atoms. The van der Waals surface area contributed by atoms with E-state index in [4.69, 9.17) is 16.7 Å². The van der Waals surface area contributed by atoms with Crippen LogP contribution in [0.5, 0.6) is 0 Å². The number of aromatic nitrogens is 1. The summed E-state index contributed by atoms with van der Waals surface area (Å²) in [4.78, 5) is 2.65. The molecule has 2 aromatic rings. The van der Waals surface area contributed by atoms with Gasteiger partial charge in [-0.1, -0.05) is 11.6 Å². The molecule has 1 atom stereocenters. The first-order chi connectivity index (χ1) is 7.39. The first-order valence-corrected chi connectivity index (χ1v) is 4.78. The summed E-state index contributed by atoms with van der Waals surface area (Å²) in [5.74, 6) is 0. The number of aliphatic hydroxyl groups excluding tert-OH is 1. The highest BCUT2D eigenvalue weighted by Crippen LogP contribution is 2.36. The molecule has 86 valence electrons. The van der Waals surface area contributed by atoms with Gasteiger partial charge in [0, 0.05) is 27.7 Å². The molecule has 0 fully saturated rings. The number of hydrogen-bond acceptors (Lipinski definition) is 1. The normalized spacial score (nSPS) is 14.3. The van der Waals surface area contributed by atoms with Crippen molar-refractivity contribution in [1.29, 1.82) is 0 Å². The number of hydrogen-bond donors (Lipinski definition) is 2. The molecule has 6 heteroatoms. The lowest BCUT2D eigenvalue weighted by atomic mass is 10.1. The number of alkyl halides is 3. The van der Waals surface area contributed by atoms with Crippen LogP contribution in [0, 0.1) is 0 Å². The Morgan fingerprint density at radius 3 is 2.62 bits per heavy atom. The second-order valence-electron chi connectivity index (χ2n) is 3.38. The fraction of sp³-hybridized carbons (Fsp3) is 0.200. The maximum Gasteiger partial charge on any atom is 0.418 e. The van der Waals surface area contributed by atoms with E-state index in [9.17, 15) is 13.2 Å². The quantitative estimate of drug-likeness (QED) is 0.798. The Labute approximate surface area is 93.6 Å². The number of aromatic amines is 1. The third-order valence-electron chi connectivity index (χ3n) is 2.28. The highest BCUT2D eigenvalue weighted by Gasteiger charge is 2.40. The molecule has 1 aromatic carbocycles. The lowest BCUT2D eigenvalue weighted by Crippen LogP contribution is -2.19. The Kier molecular flexibility index (Phi) is 2.59. The smallest absolute Gasteiger partial charge is 0.379 e. The first kappa shape index (κ1) is 11.3. The summed E-state index contributed by atoms with van der Waals surface area (Å²) in [7, 11) is 0. The van der Waals surface area contributed by atoms with Crippen molar-refractivity contribution in [3.63, 3.8) is 0 Å². The number of benzene rings is 1. The lowest BCUT2D eigenvalue weighted by Gasteiger charge is -2.13. The van der Waals surface area contributed by atoms with Gasteiger partial charge in [-0.3, -0.25) is 0 Å². The van der Waals surface area contributed by atoms with E-state index in [1.165, 1.54) is 6.07 Å². The van der Waals surface area contributed by atoms with E-state index < -0.39 is 12.3 Å². The minimum Gasteiger partial charge on any atom is -0.379 e. The van der Waals surface area contributed by atoms with E-state index in [0.717, 1.165) is 6.20 Å². The number of aliphatic hydroxyl groups is 1. The molecule has 0 aliphatic carbocycles. The van der Waals surface area contributed by atoms with Gasteiger partial charge in [0.2, 0.25) is 0 Å². The number of H-pyrrole nitrogens is 1. The van der Waals surface area contributed by atoms with Gasteiger partial charge in [-0.15, -0.1) is 0 Å². The zero-order valence-electron chi connectivity index (χ0n) is 7.85.